The number of rotatable bonds is 5. The first-order chi connectivity index (χ1) is 10.5. The van der Waals surface area contributed by atoms with Crippen molar-refractivity contribution in [1.29, 1.82) is 0 Å². The van der Waals surface area contributed by atoms with Crippen LogP contribution < -0.4 is 5.32 Å². The first-order valence-corrected chi connectivity index (χ1v) is 7.04. The summed E-state index contributed by atoms with van der Waals surface area (Å²) in [5.74, 6) is -0.931. The van der Waals surface area contributed by atoms with Gasteiger partial charge in [0.25, 0.3) is 5.91 Å². The maximum absolute atomic E-state index is 11.8. The second-order valence-corrected chi connectivity index (χ2v) is 5.19. The lowest BCUT2D eigenvalue weighted by Gasteiger charge is -2.15. The molecule has 0 radical (unpaired) electrons. The maximum Gasteiger partial charge on any atom is 0.374 e. The van der Waals surface area contributed by atoms with Crippen molar-refractivity contribution in [2.75, 3.05) is 6.61 Å². The van der Waals surface area contributed by atoms with Gasteiger partial charge in [-0.1, -0.05) is 18.2 Å². The van der Waals surface area contributed by atoms with Crippen molar-refractivity contribution in [3.05, 3.63) is 59.0 Å². The van der Waals surface area contributed by atoms with Crippen LogP contribution in [0.25, 0.3) is 0 Å². The first-order valence-electron chi connectivity index (χ1n) is 7.04. The Balaban J connectivity index is 1.86. The number of carbonyl (C=O) groups is 2. The van der Waals surface area contributed by atoms with Gasteiger partial charge < -0.3 is 14.5 Å². The second-order valence-electron chi connectivity index (χ2n) is 5.19. The molecule has 0 fully saturated rings. The fourth-order valence-electron chi connectivity index (χ4n) is 2.00. The summed E-state index contributed by atoms with van der Waals surface area (Å²) in [5.41, 5.74) is 3.38. The van der Waals surface area contributed by atoms with Crippen LogP contribution in [0.5, 0.6) is 0 Å². The minimum absolute atomic E-state index is 0.0787. The van der Waals surface area contributed by atoms with Gasteiger partial charge in [0.15, 0.2) is 6.61 Å². The van der Waals surface area contributed by atoms with Gasteiger partial charge in [-0.05, 0) is 49.6 Å². The highest BCUT2D eigenvalue weighted by atomic mass is 16.5. The van der Waals surface area contributed by atoms with Crippen molar-refractivity contribution < 1.29 is 18.7 Å². The predicted octanol–water partition coefficient (Wildman–Crippen LogP) is 2.93. The second kappa shape index (κ2) is 6.93. The summed E-state index contributed by atoms with van der Waals surface area (Å²) in [6.07, 6.45) is 1.37. The van der Waals surface area contributed by atoms with E-state index < -0.39 is 5.97 Å². The topological polar surface area (TPSA) is 68.5 Å². The number of amides is 1. The molecule has 0 aliphatic carbocycles. The number of hydrogen-bond acceptors (Lipinski definition) is 4. The lowest BCUT2D eigenvalue weighted by atomic mass is 10.0. The number of ether oxygens (including phenoxy) is 1. The van der Waals surface area contributed by atoms with Crippen LogP contribution in [0.1, 0.15) is 40.2 Å². The summed E-state index contributed by atoms with van der Waals surface area (Å²) < 4.78 is 9.78. The zero-order valence-corrected chi connectivity index (χ0v) is 12.9. The predicted molar refractivity (Wildman–Crippen MR) is 81.5 cm³/mol. The Morgan fingerprint density at radius 2 is 2.00 bits per heavy atom. The van der Waals surface area contributed by atoms with Crippen LogP contribution in [-0.2, 0) is 9.53 Å². The van der Waals surface area contributed by atoms with Crippen molar-refractivity contribution in [3.63, 3.8) is 0 Å². The van der Waals surface area contributed by atoms with E-state index >= 15 is 0 Å². The van der Waals surface area contributed by atoms with E-state index in [-0.39, 0.29) is 24.3 Å². The molecular weight excluding hydrogens is 282 g/mol. The van der Waals surface area contributed by atoms with E-state index in [0.29, 0.717) is 0 Å². The smallest absolute Gasteiger partial charge is 0.374 e. The summed E-state index contributed by atoms with van der Waals surface area (Å²) in [6.45, 7) is 5.61. The third-order valence-electron chi connectivity index (χ3n) is 3.47. The molecule has 0 spiro atoms. The van der Waals surface area contributed by atoms with E-state index in [1.807, 2.05) is 39.0 Å². The molecule has 1 N–H and O–H groups in total. The Morgan fingerprint density at radius 3 is 2.64 bits per heavy atom. The van der Waals surface area contributed by atoms with Crippen LogP contribution in [-0.4, -0.2) is 18.5 Å². The maximum atomic E-state index is 11.8. The molecule has 5 heteroatoms. The molecule has 0 bridgehead atoms. The van der Waals surface area contributed by atoms with Gasteiger partial charge in [-0.3, -0.25) is 4.79 Å². The molecule has 0 aliphatic rings. The monoisotopic (exact) mass is 301 g/mol. The minimum Gasteiger partial charge on any atom is -0.457 e. The molecule has 0 saturated heterocycles. The van der Waals surface area contributed by atoms with Gasteiger partial charge in [0.05, 0.1) is 12.3 Å². The summed E-state index contributed by atoms with van der Waals surface area (Å²) in [5, 5.41) is 2.80. The fraction of sp³-hybridized carbons (Fsp3) is 0.294. The third kappa shape index (κ3) is 3.97. The van der Waals surface area contributed by atoms with E-state index in [4.69, 9.17) is 9.15 Å². The van der Waals surface area contributed by atoms with Crippen molar-refractivity contribution >= 4 is 11.9 Å². The van der Waals surface area contributed by atoms with Crippen molar-refractivity contribution in [2.24, 2.45) is 0 Å². The molecule has 22 heavy (non-hydrogen) atoms. The average Bonchev–Trinajstić information content (AvgIpc) is 3.02. The standard InChI is InChI=1S/C17H19NO4/c1-11-6-7-14(9-12(11)2)13(3)18-16(19)10-22-17(20)15-5-4-8-21-15/h4-9,13H,10H2,1-3H3,(H,18,19)/t13-/m0/s1. The van der Waals surface area contributed by atoms with E-state index in [1.54, 1.807) is 6.07 Å². The average molecular weight is 301 g/mol. The van der Waals surface area contributed by atoms with Crippen LogP contribution >= 0.6 is 0 Å². The summed E-state index contributed by atoms with van der Waals surface area (Å²) in [7, 11) is 0. The Labute approximate surface area is 129 Å². The molecule has 1 aromatic heterocycles. The normalized spacial score (nSPS) is 11.8. The van der Waals surface area contributed by atoms with Gasteiger partial charge >= 0.3 is 5.97 Å². The largest absolute Gasteiger partial charge is 0.457 e. The fourth-order valence-corrected chi connectivity index (χ4v) is 2.00. The van der Waals surface area contributed by atoms with Crippen molar-refractivity contribution in [3.8, 4) is 0 Å². The lowest BCUT2D eigenvalue weighted by Crippen LogP contribution is -2.31. The first kappa shape index (κ1) is 15.8. The van der Waals surface area contributed by atoms with E-state index in [1.165, 1.54) is 23.5 Å². The molecule has 1 aromatic carbocycles. The zero-order chi connectivity index (χ0) is 16.1. The number of carbonyl (C=O) groups excluding carboxylic acids is 2. The Bertz CT molecular complexity index is 661. The Hall–Kier alpha value is -2.56. The number of esters is 1. The van der Waals surface area contributed by atoms with Gasteiger partial charge in [0, 0.05) is 0 Å². The molecule has 5 nitrogen and oxygen atoms in total. The molecule has 0 aliphatic heterocycles. The van der Waals surface area contributed by atoms with E-state index in [9.17, 15) is 9.59 Å². The van der Waals surface area contributed by atoms with Crippen molar-refractivity contribution in [1.82, 2.24) is 5.32 Å². The highest BCUT2D eigenvalue weighted by molar-refractivity contribution is 5.88. The number of nitrogens with one attached hydrogen (secondary N) is 1. The van der Waals surface area contributed by atoms with Gasteiger partial charge in [-0.25, -0.2) is 4.79 Å². The quantitative estimate of drug-likeness (QED) is 0.862. The van der Waals surface area contributed by atoms with Crippen LogP contribution in [0, 0.1) is 13.8 Å². The van der Waals surface area contributed by atoms with Gasteiger partial charge in [0.2, 0.25) is 5.76 Å². The Morgan fingerprint density at radius 1 is 1.23 bits per heavy atom. The van der Waals surface area contributed by atoms with E-state index in [2.05, 4.69) is 5.32 Å². The number of furan rings is 1. The molecule has 0 saturated carbocycles. The van der Waals surface area contributed by atoms with Crippen LogP contribution in [0.2, 0.25) is 0 Å². The molecule has 2 aromatic rings. The molecular formula is C17H19NO4. The van der Waals surface area contributed by atoms with Crippen LogP contribution in [0.4, 0.5) is 0 Å². The molecule has 0 unspecified atom stereocenters. The lowest BCUT2D eigenvalue weighted by molar-refractivity contribution is -0.124. The SMILES string of the molecule is Cc1ccc([C@H](C)NC(=O)COC(=O)c2ccco2)cc1C. The highest BCUT2D eigenvalue weighted by Crippen LogP contribution is 2.16. The van der Waals surface area contributed by atoms with E-state index in [0.717, 1.165) is 5.56 Å². The number of hydrogen-bond donors (Lipinski definition) is 1. The number of aryl methyl sites for hydroxylation is 2. The van der Waals surface area contributed by atoms with Crippen LogP contribution in [0.3, 0.4) is 0 Å². The van der Waals surface area contributed by atoms with Crippen LogP contribution in [0.15, 0.2) is 41.0 Å². The highest BCUT2D eigenvalue weighted by Gasteiger charge is 2.14. The Kier molecular flexibility index (Phi) is 4.99. The van der Waals surface area contributed by atoms with Crippen molar-refractivity contribution in [2.45, 2.75) is 26.8 Å². The summed E-state index contributed by atoms with van der Waals surface area (Å²) in [6, 6.07) is 8.94. The molecule has 1 amide bonds. The summed E-state index contributed by atoms with van der Waals surface area (Å²) >= 11 is 0. The molecule has 2 rings (SSSR count). The number of benzene rings is 1. The zero-order valence-electron chi connectivity index (χ0n) is 12.9. The molecule has 1 atom stereocenters. The van der Waals surface area contributed by atoms with Gasteiger partial charge in [-0.2, -0.15) is 0 Å². The molecule has 1 heterocycles. The molecule has 116 valence electrons. The minimum atomic E-state index is -0.654. The van der Waals surface area contributed by atoms with Gasteiger partial charge in [0.1, 0.15) is 0 Å². The van der Waals surface area contributed by atoms with Gasteiger partial charge in [-0.15, -0.1) is 0 Å². The summed E-state index contributed by atoms with van der Waals surface area (Å²) in [4.78, 5) is 23.4. The third-order valence-corrected chi connectivity index (χ3v) is 3.47.